The lowest BCUT2D eigenvalue weighted by Crippen LogP contribution is -2.22. The molecule has 122 valence electrons. The number of imidazole rings is 1. The van der Waals surface area contributed by atoms with Crippen molar-refractivity contribution in [1.29, 1.82) is 0 Å². The van der Waals surface area contributed by atoms with Gasteiger partial charge in [0.05, 0.1) is 28.9 Å². The Labute approximate surface area is 137 Å². The highest BCUT2D eigenvalue weighted by Gasteiger charge is 2.25. The predicted octanol–water partition coefficient (Wildman–Crippen LogP) is 3.10. The van der Waals surface area contributed by atoms with Crippen LogP contribution in [-0.4, -0.2) is 27.1 Å². The van der Waals surface area contributed by atoms with Gasteiger partial charge in [0.25, 0.3) is 5.69 Å². The van der Waals surface area contributed by atoms with E-state index in [4.69, 9.17) is 4.74 Å². The normalized spacial score (nSPS) is 12.0. The number of benzene rings is 2. The number of fused-ring (bicyclic) bond motifs is 1. The summed E-state index contributed by atoms with van der Waals surface area (Å²) in [5.74, 6) is -0.402. The summed E-state index contributed by atoms with van der Waals surface area (Å²) in [7, 11) is 0. The van der Waals surface area contributed by atoms with Crippen LogP contribution in [0.15, 0.2) is 54.9 Å². The van der Waals surface area contributed by atoms with Gasteiger partial charge in [-0.15, -0.1) is 0 Å². The number of carbonyl (C=O) groups excluding carboxylic acids is 1. The minimum Gasteiger partial charge on any atom is -0.464 e. The van der Waals surface area contributed by atoms with E-state index in [1.165, 1.54) is 18.5 Å². The highest BCUT2D eigenvalue weighted by Crippen LogP contribution is 2.27. The van der Waals surface area contributed by atoms with Crippen LogP contribution in [0.2, 0.25) is 0 Å². The molecule has 3 rings (SSSR count). The number of hydrogen-bond acceptors (Lipinski definition) is 5. The number of ether oxygens (including phenoxy) is 1. The van der Waals surface area contributed by atoms with Crippen LogP contribution < -0.4 is 0 Å². The van der Waals surface area contributed by atoms with Crippen molar-refractivity contribution in [3.8, 4) is 0 Å². The van der Waals surface area contributed by atoms with E-state index in [0.717, 1.165) is 5.56 Å². The number of aromatic nitrogens is 2. The third kappa shape index (κ3) is 2.83. The first-order valence-electron chi connectivity index (χ1n) is 7.44. The summed E-state index contributed by atoms with van der Waals surface area (Å²) in [5, 5.41) is 10.9. The van der Waals surface area contributed by atoms with E-state index in [0.29, 0.717) is 11.0 Å². The third-order valence-electron chi connectivity index (χ3n) is 3.67. The molecule has 1 heterocycles. The van der Waals surface area contributed by atoms with Crippen LogP contribution in [0.5, 0.6) is 0 Å². The van der Waals surface area contributed by atoms with Crippen LogP contribution in [0.1, 0.15) is 18.5 Å². The van der Waals surface area contributed by atoms with Gasteiger partial charge in [-0.25, -0.2) is 9.78 Å². The second-order valence-corrected chi connectivity index (χ2v) is 5.15. The van der Waals surface area contributed by atoms with E-state index in [-0.39, 0.29) is 12.3 Å². The molecule has 7 nitrogen and oxygen atoms in total. The molecular formula is C17H15N3O4. The maximum Gasteiger partial charge on any atom is 0.333 e. The van der Waals surface area contributed by atoms with Crippen molar-refractivity contribution in [1.82, 2.24) is 9.55 Å². The average molecular weight is 325 g/mol. The van der Waals surface area contributed by atoms with Crippen LogP contribution in [0, 0.1) is 10.1 Å². The van der Waals surface area contributed by atoms with Crippen molar-refractivity contribution in [2.75, 3.05) is 6.61 Å². The first kappa shape index (κ1) is 15.7. The molecule has 0 aliphatic heterocycles. The molecule has 2 aromatic carbocycles. The van der Waals surface area contributed by atoms with Crippen molar-refractivity contribution in [2.45, 2.75) is 13.0 Å². The molecule has 0 fully saturated rings. The Hall–Kier alpha value is -3.22. The van der Waals surface area contributed by atoms with E-state index in [9.17, 15) is 14.9 Å². The molecule has 3 aromatic rings. The summed E-state index contributed by atoms with van der Waals surface area (Å²) in [4.78, 5) is 27.1. The second kappa shape index (κ2) is 6.49. The monoisotopic (exact) mass is 325 g/mol. The van der Waals surface area contributed by atoms with Gasteiger partial charge >= 0.3 is 5.97 Å². The Morgan fingerprint density at radius 2 is 2.04 bits per heavy atom. The van der Waals surface area contributed by atoms with E-state index in [1.807, 2.05) is 30.3 Å². The second-order valence-electron chi connectivity index (χ2n) is 5.15. The van der Waals surface area contributed by atoms with Crippen molar-refractivity contribution in [3.05, 3.63) is 70.5 Å². The van der Waals surface area contributed by atoms with Crippen LogP contribution in [0.25, 0.3) is 11.0 Å². The van der Waals surface area contributed by atoms with Gasteiger partial charge in [-0.05, 0) is 18.6 Å². The van der Waals surface area contributed by atoms with Gasteiger partial charge in [0.2, 0.25) is 0 Å². The van der Waals surface area contributed by atoms with E-state index < -0.39 is 16.9 Å². The first-order chi connectivity index (χ1) is 11.6. The number of esters is 1. The number of rotatable bonds is 5. The summed E-state index contributed by atoms with van der Waals surface area (Å²) in [6.07, 6.45) is 1.50. The SMILES string of the molecule is CCOC(=O)C(c1ccccc1)n1cnc2cc([N+](=O)[O-])ccc21. The molecule has 1 aromatic heterocycles. The zero-order chi connectivity index (χ0) is 17.1. The predicted molar refractivity (Wildman–Crippen MR) is 87.6 cm³/mol. The number of nitrogens with zero attached hydrogens (tertiary/aromatic N) is 3. The number of nitro groups is 1. The van der Waals surface area contributed by atoms with Gasteiger partial charge < -0.3 is 9.30 Å². The van der Waals surface area contributed by atoms with Crippen molar-refractivity contribution < 1.29 is 14.5 Å². The molecule has 1 unspecified atom stereocenters. The smallest absolute Gasteiger partial charge is 0.333 e. The lowest BCUT2D eigenvalue weighted by molar-refractivity contribution is -0.384. The van der Waals surface area contributed by atoms with Gasteiger partial charge in [-0.3, -0.25) is 10.1 Å². The molecule has 7 heteroatoms. The molecule has 0 aliphatic carbocycles. The molecule has 0 saturated heterocycles. The van der Waals surface area contributed by atoms with E-state index in [2.05, 4.69) is 4.98 Å². The number of nitro benzene ring substituents is 1. The third-order valence-corrected chi connectivity index (χ3v) is 3.67. The Bertz CT molecular complexity index is 889. The molecule has 0 bridgehead atoms. The van der Waals surface area contributed by atoms with E-state index in [1.54, 1.807) is 17.6 Å². The number of hydrogen-bond donors (Lipinski definition) is 0. The van der Waals surface area contributed by atoms with Gasteiger partial charge in [0.15, 0.2) is 6.04 Å². The Morgan fingerprint density at radius 3 is 2.71 bits per heavy atom. The minimum absolute atomic E-state index is 0.0415. The van der Waals surface area contributed by atoms with Crippen LogP contribution in [0.3, 0.4) is 0 Å². The van der Waals surface area contributed by atoms with Gasteiger partial charge in [-0.1, -0.05) is 30.3 Å². The fourth-order valence-corrected chi connectivity index (χ4v) is 2.61. The first-order valence-corrected chi connectivity index (χ1v) is 7.44. The zero-order valence-corrected chi connectivity index (χ0v) is 13.0. The highest BCUT2D eigenvalue weighted by atomic mass is 16.6. The number of carbonyl (C=O) groups is 1. The molecule has 24 heavy (non-hydrogen) atoms. The maximum atomic E-state index is 12.5. The summed E-state index contributed by atoms with van der Waals surface area (Å²) < 4.78 is 6.87. The molecule has 1 atom stereocenters. The topological polar surface area (TPSA) is 87.3 Å². The Kier molecular flexibility index (Phi) is 4.24. The van der Waals surface area contributed by atoms with Gasteiger partial charge in [0, 0.05) is 12.1 Å². The maximum absolute atomic E-state index is 12.5. The fraction of sp³-hybridized carbons (Fsp3) is 0.176. The Balaban J connectivity index is 2.13. The van der Waals surface area contributed by atoms with Crippen LogP contribution >= 0.6 is 0 Å². The highest BCUT2D eigenvalue weighted by molar-refractivity contribution is 5.84. The summed E-state index contributed by atoms with van der Waals surface area (Å²) >= 11 is 0. The molecule has 0 aliphatic rings. The molecule has 0 spiro atoms. The largest absolute Gasteiger partial charge is 0.464 e. The minimum atomic E-state index is -0.697. The molecule has 0 amide bonds. The summed E-state index contributed by atoms with van der Waals surface area (Å²) in [5.41, 5.74) is 1.80. The summed E-state index contributed by atoms with van der Waals surface area (Å²) in [6.45, 7) is 2.01. The molecule has 0 N–H and O–H groups in total. The lowest BCUT2D eigenvalue weighted by Gasteiger charge is -2.18. The van der Waals surface area contributed by atoms with Crippen molar-refractivity contribution in [2.24, 2.45) is 0 Å². The lowest BCUT2D eigenvalue weighted by atomic mass is 10.1. The molecular weight excluding hydrogens is 310 g/mol. The van der Waals surface area contributed by atoms with Crippen LogP contribution in [0.4, 0.5) is 5.69 Å². The van der Waals surface area contributed by atoms with Crippen LogP contribution in [-0.2, 0) is 9.53 Å². The quantitative estimate of drug-likeness (QED) is 0.408. The average Bonchev–Trinajstić information content (AvgIpc) is 2.99. The molecule has 0 saturated carbocycles. The van der Waals surface area contributed by atoms with E-state index >= 15 is 0 Å². The fourth-order valence-electron chi connectivity index (χ4n) is 2.61. The summed E-state index contributed by atoms with van der Waals surface area (Å²) in [6, 6.07) is 12.9. The standard InChI is InChI=1S/C17H15N3O4/c1-2-24-17(21)16(12-6-4-3-5-7-12)19-11-18-14-10-13(20(22)23)8-9-15(14)19/h3-11,16H,2H2,1H3. The zero-order valence-electron chi connectivity index (χ0n) is 13.0. The van der Waals surface area contributed by atoms with Gasteiger partial charge in [0.1, 0.15) is 0 Å². The van der Waals surface area contributed by atoms with Gasteiger partial charge in [-0.2, -0.15) is 0 Å². The van der Waals surface area contributed by atoms with Crippen molar-refractivity contribution >= 4 is 22.7 Å². The van der Waals surface area contributed by atoms with Crippen molar-refractivity contribution in [3.63, 3.8) is 0 Å². The Morgan fingerprint density at radius 1 is 1.29 bits per heavy atom. The molecule has 0 radical (unpaired) electrons. The number of non-ortho nitro benzene ring substituents is 1.